The van der Waals surface area contributed by atoms with E-state index in [0.717, 1.165) is 13.0 Å². The highest BCUT2D eigenvalue weighted by atomic mass is 16.1. The van der Waals surface area contributed by atoms with Crippen molar-refractivity contribution in [1.29, 1.82) is 0 Å². The maximum atomic E-state index is 10.6. The summed E-state index contributed by atoms with van der Waals surface area (Å²) in [6.45, 7) is 6.27. The number of rotatable bonds is 6. The summed E-state index contributed by atoms with van der Waals surface area (Å²) in [7, 11) is 0. The predicted molar refractivity (Wildman–Crippen MR) is 67.4 cm³/mol. The van der Waals surface area contributed by atoms with Crippen LogP contribution in [0.2, 0.25) is 0 Å². The Morgan fingerprint density at radius 2 is 1.75 bits per heavy atom. The Kier molecular flexibility index (Phi) is 7.23. The van der Waals surface area contributed by atoms with E-state index in [4.69, 9.17) is 0 Å². The number of hydrogen-bond acceptors (Lipinski definition) is 2. The lowest BCUT2D eigenvalue weighted by Gasteiger charge is -2.19. The van der Waals surface area contributed by atoms with Crippen molar-refractivity contribution in [3.8, 4) is 0 Å². The molecule has 94 valence electrons. The molecule has 1 aliphatic heterocycles. The number of unbranched alkanes of at least 4 members (excludes halogenated alkanes) is 2. The highest BCUT2D eigenvalue weighted by Gasteiger charge is 2.07. The summed E-state index contributed by atoms with van der Waals surface area (Å²) in [5.74, 6) is 0.0903. The molecule has 3 nitrogen and oxygen atoms in total. The third-order valence-electron chi connectivity index (χ3n) is 3.22. The molecule has 0 atom stereocenters. The van der Waals surface area contributed by atoms with Gasteiger partial charge in [-0.05, 0) is 45.3 Å². The molecule has 0 aliphatic carbocycles. The molecule has 0 aromatic rings. The summed E-state index contributed by atoms with van der Waals surface area (Å²) in [5, 5.41) is 2.84. The van der Waals surface area contributed by atoms with Crippen LogP contribution in [-0.4, -0.2) is 37.0 Å². The van der Waals surface area contributed by atoms with Gasteiger partial charge in [0.2, 0.25) is 5.91 Å². The number of carbonyl (C=O) groups is 1. The minimum atomic E-state index is 0.0903. The van der Waals surface area contributed by atoms with Crippen molar-refractivity contribution in [2.75, 3.05) is 26.2 Å². The zero-order valence-corrected chi connectivity index (χ0v) is 10.6. The van der Waals surface area contributed by atoms with Crippen LogP contribution in [0.3, 0.4) is 0 Å². The summed E-state index contributed by atoms with van der Waals surface area (Å²) in [5.41, 5.74) is 0. The molecule has 0 radical (unpaired) electrons. The largest absolute Gasteiger partial charge is 0.356 e. The molecule has 0 saturated carbocycles. The molecule has 0 aromatic heterocycles. The minimum Gasteiger partial charge on any atom is -0.356 e. The van der Waals surface area contributed by atoms with Gasteiger partial charge in [0.05, 0.1) is 0 Å². The van der Waals surface area contributed by atoms with E-state index in [-0.39, 0.29) is 5.91 Å². The number of nitrogens with zero attached hydrogens (tertiary/aromatic N) is 1. The number of nitrogens with one attached hydrogen (secondary N) is 1. The van der Waals surface area contributed by atoms with Gasteiger partial charge in [-0.25, -0.2) is 0 Å². The van der Waals surface area contributed by atoms with E-state index in [2.05, 4.69) is 10.2 Å². The van der Waals surface area contributed by atoms with Gasteiger partial charge in [-0.1, -0.05) is 19.3 Å². The van der Waals surface area contributed by atoms with Crippen LogP contribution >= 0.6 is 0 Å². The quantitative estimate of drug-likeness (QED) is 0.704. The third-order valence-corrected chi connectivity index (χ3v) is 3.22. The van der Waals surface area contributed by atoms with Gasteiger partial charge in [-0.15, -0.1) is 0 Å². The fourth-order valence-corrected chi connectivity index (χ4v) is 2.26. The van der Waals surface area contributed by atoms with Crippen molar-refractivity contribution in [2.45, 2.75) is 51.9 Å². The summed E-state index contributed by atoms with van der Waals surface area (Å²) in [4.78, 5) is 13.2. The SMILES string of the molecule is CC(=O)NCCCCCN1CCCCCC1. The molecular formula is C13H26N2O. The molecule has 1 aliphatic rings. The lowest BCUT2D eigenvalue weighted by atomic mass is 10.2. The molecule has 1 fully saturated rings. The molecule has 1 saturated heterocycles. The molecule has 1 rings (SSSR count). The average Bonchev–Trinajstić information content (AvgIpc) is 2.51. The molecule has 1 heterocycles. The van der Waals surface area contributed by atoms with Crippen molar-refractivity contribution in [3.63, 3.8) is 0 Å². The molecule has 0 bridgehead atoms. The van der Waals surface area contributed by atoms with E-state index in [9.17, 15) is 4.79 Å². The summed E-state index contributed by atoms with van der Waals surface area (Å²) in [6.07, 6.45) is 9.22. The zero-order chi connectivity index (χ0) is 11.6. The van der Waals surface area contributed by atoms with Crippen molar-refractivity contribution >= 4 is 5.91 Å². The Morgan fingerprint density at radius 3 is 2.38 bits per heavy atom. The highest BCUT2D eigenvalue weighted by molar-refractivity contribution is 5.72. The fourth-order valence-electron chi connectivity index (χ4n) is 2.26. The molecule has 1 N–H and O–H groups in total. The number of carbonyl (C=O) groups excluding carboxylic acids is 1. The summed E-state index contributed by atoms with van der Waals surface area (Å²) < 4.78 is 0. The van der Waals surface area contributed by atoms with Crippen LogP contribution in [0.15, 0.2) is 0 Å². The Hall–Kier alpha value is -0.570. The third kappa shape index (κ3) is 6.83. The second-order valence-corrected chi connectivity index (χ2v) is 4.80. The van der Waals surface area contributed by atoms with Crippen LogP contribution in [0.4, 0.5) is 0 Å². The van der Waals surface area contributed by atoms with Crippen LogP contribution in [-0.2, 0) is 4.79 Å². The van der Waals surface area contributed by atoms with Crippen LogP contribution in [0, 0.1) is 0 Å². The minimum absolute atomic E-state index is 0.0903. The maximum Gasteiger partial charge on any atom is 0.216 e. The summed E-state index contributed by atoms with van der Waals surface area (Å²) >= 11 is 0. The van der Waals surface area contributed by atoms with Crippen LogP contribution in [0.1, 0.15) is 51.9 Å². The molecule has 0 unspecified atom stereocenters. The van der Waals surface area contributed by atoms with Crippen molar-refractivity contribution in [3.05, 3.63) is 0 Å². The van der Waals surface area contributed by atoms with Gasteiger partial charge in [-0.2, -0.15) is 0 Å². The first kappa shape index (κ1) is 13.5. The van der Waals surface area contributed by atoms with Crippen LogP contribution in [0.25, 0.3) is 0 Å². The van der Waals surface area contributed by atoms with E-state index in [0.29, 0.717) is 0 Å². The smallest absolute Gasteiger partial charge is 0.216 e. The number of hydrogen-bond donors (Lipinski definition) is 1. The van der Waals surface area contributed by atoms with Gasteiger partial charge in [0, 0.05) is 13.5 Å². The highest BCUT2D eigenvalue weighted by Crippen LogP contribution is 2.10. The Labute approximate surface area is 99.6 Å². The van der Waals surface area contributed by atoms with Gasteiger partial charge in [0.25, 0.3) is 0 Å². The second-order valence-electron chi connectivity index (χ2n) is 4.80. The van der Waals surface area contributed by atoms with Crippen molar-refractivity contribution in [1.82, 2.24) is 10.2 Å². The first-order valence-electron chi connectivity index (χ1n) is 6.76. The Morgan fingerprint density at radius 1 is 1.06 bits per heavy atom. The van der Waals surface area contributed by atoms with Gasteiger partial charge < -0.3 is 10.2 Å². The fraction of sp³-hybridized carbons (Fsp3) is 0.923. The topological polar surface area (TPSA) is 32.3 Å². The zero-order valence-electron chi connectivity index (χ0n) is 10.6. The molecule has 3 heteroatoms. The second kappa shape index (κ2) is 8.57. The average molecular weight is 226 g/mol. The van der Waals surface area contributed by atoms with Crippen LogP contribution < -0.4 is 5.32 Å². The van der Waals surface area contributed by atoms with Crippen molar-refractivity contribution < 1.29 is 4.79 Å². The van der Waals surface area contributed by atoms with Crippen molar-refractivity contribution in [2.24, 2.45) is 0 Å². The van der Waals surface area contributed by atoms with Gasteiger partial charge in [0.1, 0.15) is 0 Å². The first-order chi connectivity index (χ1) is 7.79. The van der Waals surface area contributed by atoms with Gasteiger partial charge in [-0.3, -0.25) is 4.79 Å². The standard InChI is InChI=1S/C13H26N2O/c1-13(16)14-9-5-4-8-12-15-10-6-2-3-7-11-15/h2-12H2,1H3,(H,14,16). The van der Waals surface area contributed by atoms with E-state index in [1.807, 2.05) is 0 Å². The van der Waals surface area contributed by atoms with E-state index >= 15 is 0 Å². The molecule has 1 amide bonds. The van der Waals surface area contributed by atoms with Crippen LogP contribution in [0.5, 0.6) is 0 Å². The van der Waals surface area contributed by atoms with Gasteiger partial charge >= 0.3 is 0 Å². The number of likely N-dealkylation sites (tertiary alicyclic amines) is 1. The monoisotopic (exact) mass is 226 g/mol. The van der Waals surface area contributed by atoms with E-state index < -0.39 is 0 Å². The van der Waals surface area contributed by atoms with Gasteiger partial charge in [0.15, 0.2) is 0 Å². The van der Waals surface area contributed by atoms with E-state index in [1.165, 1.54) is 58.2 Å². The maximum absolute atomic E-state index is 10.6. The number of amides is 1. The first-order valence-corrected chi connectivity index (χ1v) is 6.76. The molecular weight excluding hydrogens is 200 g/mol. The lowest BCUT2D eigenvalue weighted by Crippen LogP contribution is -2.26. The predicted octanol–water partition coefficient (Wildman–Crippen LogP) is 2.17. The Balaban J connectivity index is 1.91. The van der Waals surface area contributed by atoms with E-state index in [1.54, 1.807) is 6.92 Å². The molecule has 0 spiro atoms. The summed E-state index contributed by atoms with van der Waals surface area (Å²) in [6, 6.07) is 0. The molecule has 16 heavy (non-hydrogen) atoms. The normalized spacial score (nSPS) is 18.1. The molecule has 0 aromatic carbocycles. The lowest BCUT2D eigenvalue weighted by molar-refractivity contribution is -0.118. The Bertz CT molecular complexity index is 186.